The van der Waals surface area contributed by atoms with Crippen molar-refractivity contribution >= 4 is 29.1 Å². The number of halogens is 2. The summed E-state index contributed by atoms with van der Waals surface area (Å²) in [6.45, 7) is 6.54. The summed E-state index contributed by atoms with van der Waals surface area (Å²) >= 11 is 12.6. The van der Waals surface area contributed by atoms with E-state index in [1.807, 2.05) is 31.2 Å². The number of benzene rings is 3. The molecule has 3 aromatic rings. The predicted molar refractivity (Wildman–Crippen MR) is 197 cm³/mol. The van der Waals surface area contributed by atoms with Crippen molar-refractivity contribution in [1.82, 2.24) is 10.2 Å². The molecule has 1 heterocycles. The van der Waals surface area contributed by atoms with Gasteiger partial charge in [0.05, 0.1) is 28.7 Å². The summed E-state index contributed by atoms with van der Waals surface area (Å²) in [5.74, 6) is 2.26. The Kier molecular flexibility index (Phi) is 13.2. The highest BCUT2D eigenvalue weighted by atomic mass is 35.5. The lowest BCUT2D eigenvalue weighted by Crippen LogP contribution is -2.47. The second kappa shape index (κ2) is 18.0. The van der Waals surface area contributed by atoms with E-state index in [0.717, 1.165) is 79.7 Å². The molecular formula is C40H50Cl2N2O6. The first-order valence-electron chi connectivity index (χ1n) is 18.1. The molecule has 3 aromatic carbocycles. The van der Waals surface area contributed by atoms with Gasteiger partial charge in [0.15, 0.2) is 5.75 Å². The lowest BCUT2D eigenvalue weighted by atomic mass is 9.80. The van der Waals surface area contributed by atoms with Gasteiger partial charge in [0.25, 0.3) is 0 Å². The van der Waals surface area contributed by atoms with Gasteiger partial charge in [-0.15, -0.1) is 0 Å². The van der Waals surface area contributed by atoms with E-state index in [9.17, 15) is 4.79 Å². The number of hydrogen-bond acceptors (Lipinski definition) is 7. The van der Waals surface area contributed by atoms with Gasteiger partial charge in [-0.3, -0.25) is 4.79 Å². The Hall–Kier alpha value is -3.01. The molecule has 3 fully saturated rings. The summed E-state index contributed by atoms with van der Waals surface area (Å²) < 4.78 is 29.0. The third kappa shape index (κ3) is 10.5. The van der Waals surface area contributed by atoms with Gasteiger partial charge in [-0.1, -0.05) is 41.4 Å². The van der Waals surface area contributed by atoms with Crippen molar-refractivity contribution in [2.24, 2.45) is 5.92 Å². The SMILES string of the molecule is COCCCc1cc(CN(C(=O)[C@H]2CNCC[C@@H]2c2ccc(OCCOc3c(Cl)cc(C)cc3Cl)cc2)C2CC2)cc(OCCOC2CC2)c1. The lowest BCUT2D eigenvalue weighted by molar-refractivity contribution is -0.138. The molecule has 2 aliphatic carbocycles. The molecule has 0 unspecified atom stereocenters. The normalized spacial score (nSPS) is 18.9. The minimum absolute atomic E-state index is 0.124. The van der Waals surface area contributed by atoms with Crippen LogP contribution in [0.25, 0.3) is 0 Å². The maximum absolute atomic E-state index is 14.4. The monoisotopic (exact) mass is 724 g/mol. The number of carbonyl (C=O) groups excluding carboxylic acids is 1. The summed E-state index contributed by atoms with van der Waals surface area (Å²) in [7, 11) is 1.73. The first kappa shape index (κ1) is 36.8. The highest BCUT2D eigenvalue weighted by Crippen LogP contribution is 2.37. The van der Waals surface area contributed by atoms with E-state index in [2.05, 4.69) is 40.5 Å². The van der Waals surface area contributed by atoms with E-state index in [4.69, 9.17) is 46.9 Å². The van der Waals surface area contributed by atoms with Crippen molar-refractivity contribution in [3.05, 3.63) is 86.9 Å². The molecule has 0 bridgehead atoms. The first-order chi connectivity index (χ1) is 24.4. The molecule has 1 N–H and O–H groups in total. The Bertz CT molecular complexity index is 1540. The predicted octanol–water partition coefficient (Wildman–Crippen LogP) is 7.78. The molecule has 270 valence electrons. The van der Waals surface area contributed by atoms with Crippen molar-refractivity contribution in [2.75, 3.05) is 53.2 Å². The molecule has 8 nitrogen and oxygen atoms in total. The minimum Gasteiger partial charge on any atom is -0.491 e. The summed E-state index contributed by atoms with van der Waals surface area (Å²) in [6, 6.07) is 18.5. The Labute approximate surface area is 306 Å². The Morgan fingerprint density at radius 2 is 1.52 bits per heavy atom. The van der Waals surface area contributed by atoms with Crippen LogP contribution in [0.2, 0.25) is 10.0 Å². The quantitative estimate of drug-likeness (QED) is 0.127. The number of rotatable bonds is 19. The number of ether oxygens (including phenoxy) is 5. The Balaban J connectivity index is 1.08. The number of hydrogen-bond donors (Lipinski definition) is 1. The van der Waals surface area contributed by atoms with Gasteiger partial charge in [0.2, 0.25) is 5.91 Å². The summed E-state index contributed by atoms with van der Waals surface area (Å²) in [4.78, 5) is 16.5. The molecule has 1 saturated heterocycles. The standard InChI is InChI=1S/C40H50Cl2N2O6/c1-27-20-37(41)39(38(42)21-27)50-19-18-48-32-9-5-30(6-10-32)35-13-14-43-25-36(35)40(45)44(31-7-8-31)26-29-22-28(4-3-15-46-2)23-34(24-29)49-17-16-47-33-11-12-33/h5-6,9-10,20-24,31,33,35-36,43H,3-4,7-8,11-19,25-26H2,1-2H3/t35-,36+/m1/s1. The number of nitrogens with zero attached hydrogens (tertiary/aromatic N) is 1. The summed E-state index contributed by atoms with van der Waals surface area (Å²) in [5, 5.41) is 4.48. The molecule has 10 heteroatoms. The lowest BCUT2D eigenvalue weighted by Gasteiger charge is -2.36. The van der Waals surface area contributed by atoms with E-state index in [1.54, 1.807) is 7.11 Å². The smallest absolute Gasteiger partial charge is 0.228 e. The number of nitrogens with one attached hydrogen (secondary N) is 1. The van der Waals surface area contributed by atoms with Crippen LogP contribution >= 0.6 is 23.2 Å². The van der Waals surface area contributed by atoms with E-state index in [-0.39, 0.29) is 23.8 Å². The molecular weight excluding hydrogens is 675 g/mol. The fourth-order valence-electron chi connectivity index (χ4n) is 6.72. The van der Waals surface area contributed by atoms with E-state index in [0.29, 0.717) is 68.0 Å². The molecule has 0 aromatic heterocycles. The van der Waals surface area contributed by atoms with Gasteiger partial charge in [-0.2, -0.15) is 0 Å². The van der Waals surface area contributed by atoms with Gasteiger partial charge < -0.3 is 33.9 Å². The van der Waals surface area contributed by atoms with Crippen molar-refractivity contribution in [1.29, 1.82) is 0 Å². The van der Waals surface area contributed by atoms with Crippen molar-refractivity contribution in [3.63, 3.8) is 0 Å². The molecule has 2 saturated carbocycles. The summed E-state index contributed by atoms with van der Waals surface area (Å²) in [6.07, 6.45) is 7.53. The van der Waals surface area contributed by atoms with Crippen LogP contribution in [0.1, 0.15) is 66.7 Å². The van der Waals surface area contributed by atoms with Crippen LogP contribution in [-0.2, 0) is 27.2 Å². The van der Waals surface area contributed by atoms with Crippen molar-refractivity contribution < 1.29 is 28.5 Å². The average Bonchev–Trinajstić information content (AvgIpc) is 4.05. The highest BCUT2D eigenvalue weighted by molar-refractivity contribution is 6.37. The van der Waals surface area contributed by atoms with Crippen molar-refractivity contribution in [2.45, 2.75) is 76.5 Å². The van der Waals surface area contributed by atoms with Crippen LogP contribution in [-0.4, -0.2) is 76.2 Å². The largest absolute Gasteiger partial charge is 0.491 e. The molecule has 2 atom stereocenters. The van der Waals surface area contributed by atoms with Crippen LogP contribution in [0.3, 0.4) is 0 Å². The van der Waals surface area contributed by atoms with Gasteiger partial charge >= 0.3 is 0 Å². The zero-order valence-corrected chi connectivity index (χ0v) is 30.8. The Morgan fingerprint density at radius 3 is 2.24 bits per heavy atom. The molecule has 6 rings (SSSR count). The van der Waals surface area contributed by atoms with E-state index >= 15 is 0 Å². The fraction of sp³-hybridized carbons (Fsp3) is 0.525. The van der Waals surface area contributed by atoms with Crippen LogP contribution < -0.4 is 19.5 Å². The van der Waals surface area contributed by atoms with Gasteiger partial charge in [0.1, 0.15) is 31.3 Å². The molecule has 0 spiro atoms. The molecule has 0 radical (unpaired) electrons. The minimum atomic E-state index is -0.145. The number of aryl methyl sites for hydroxylation is 2. The average molecular weight is 726 g/mol. The highest BCUT2D eigenvalue weighted by Gasteiger charge is 2.40. The molecule has 50 heavy (non-hydrogen) atoms. The zero-order valence-electron chi connectivity index (χ0n) is 29.3. The third-order valence-electron chi connectivity index (χ3n) is 9.54. The first-order valence-corrected chi connectivity index (χ1v) is 18.8. The van der Waals surface area contributed by atoms with Crippen LogP contribution in [0.5, 0.6) is 17.2 Å². The maximum Gasteiger partial charge on any atom is 0.228 e. The third-order valence-corrected chi connectivity index (χ3v) is 10.1. The number of amides is 1. The van der Waals surface area contributed by atoms with Gasteiger partial charge in [-0.25, -0.2) is 0 Å². The number of carbonyl (C=O) groups is 1. The zero-order chi connectivity index (χ0) is 34.9. The van der Waals surface area contributed by atoms with Gasteiger partial charge in [-0.05, 0) is 123 Å². The fourth-order valence-corrected chi connectivity index (χ4v) is 7.42. The van der Waals surface area contributed by atoms with Crippen LogP contribution in [0.4, 0.5) is 0 Å². The molecule has 3 aliphatic rings. The Morgan fingerprint density at radius 1 is 0.820 bits per heavy atom. The van der Waals surface area contributed by atoms with Crippen LogP contribution in [0.15, 0.2) is 54.6 Å². The number of methoxy groups -OCH3 is 1. The number of piperidine rings is 1. The molecule has 1 aliphatic heterocycles. The van der Waals surface area contributed by atoms with E-state index in [1.165, 1.54) is 5.56 Å². The second-order valence-corrected chi connectivity index (χ2v) is 14.5. The van der Waals surface area contributed by atoms with Crippen LogP contribution in [0, 0.1) is 12.8 Å². The van der Waals surface area contributed by atoms with Crippen molar-refractivity contribution in [3.8, 4) is 17.2 Å². The second-order valence-electron chi connectivity index (χ2n) is 13.7. The van der Waals surface area contributed by atoms with Gasteiger partial charge in [0, 0.05) is 32.8 Å². The summed E-state index contributed by atoms with van der Waals surface area (Å²) in [5.41, 5.74) is 4.45. The maximum atomic E-state index is 14.4. The molecule has 1 amide bonds. The van der Waals surface area contributed by atoms with E-state index < -0.39 is 0 Å². The topological polar surface area (TPSA) is 78.5 Å².